The summed E-state index contributed by atoms with van der Waals surface area (Å²) in [5, 5.41) is 2.89. The van der Waals surface area contributed by atoms with Crippen LogP contribution in [0.1, 0.15) is 37.4 Å². The number of hydrogen-bond acceptors (Lipinski definition) is 2. The van der Waals surface area contributed by atoms with Gasteiger partial charge in [-0.25, -0.2) is 0 Å². The average Bonchev–Trinajstić information content (AvgIpc) is 2.37. The summed E-state index contributed by atoms with van der Waals surface area (Å²) in [6.45, 7) is 2.60. The van der Waals surface area contributed by atoms with Crippen LogP contribution in [0, 0.1) is 0 Å². The summed E-state index contributed by atoms with van der Waals surface area (Å²) in [6, 6.07) is 3.96. The summed E-state index contributed by atoms with van der Waals surface area (Å²) in [7, 11) is 0. The molecule has 0 saturated heterocycles. The molecule has 0 bridgehead atoms. The molecule has 1 aromatic rings. The SMILES string of the molecule is CCc1cccnc1CNC(=O)CCCCCl. The summed E-state index contributed by atoms with van der Waals surface area (Å²) < 4.78 is 0. The molecule has 0 atom stereocenters. The number of pyridine rings is 1. The van der Waals surface area contributed by atoms with Crippen LogP contribution in [0.5, 0.6) is 0 Å². The Hall–Kier alpha value is -1.09. The number of nitrogens with zero attached hydrogens (tertiary/aromatic N) is 1. The largest absolute Gasteiger partial charge is 0.350 e. The zero-order valence-corrected chi connectivity index (χ0v) is 11.0. The van der Waals surface area contributed by atoms with Crippen molar-refractivity contribution >= 4 is 17.5 Å². The van der Waals surface area contributed by atoms with Crippen molar-refractivity contribution in [3.63, 3.8) is 0 Å². The molecule has 0 fully saturated rings. The zero-order chi connectivity index (χ0) is 12.5. The monoisotopic (exact) mass is 254 g/mol. The second kappa shape index (κ2) is 8.07. The van der Waals surface area contributed by atoms with Crippen LogP contribution in [0.25, 0.3) is 0 Å². The lowest BCUT2D eigenvalue weighted by molar-refractivity contribution is -0.121. The molecule has 3 nitrogen and oxygen atoms in total. The molecule has 94 valence electrons. The zero-order valence-electron chi connectivity index (χ0n) is 10.2. The van der Waals surface area contributed by atoms with E-state index in [2.05, 4.69) is 17.2 Å². The van der Waals surface area contributed by atoms with Gasteiger partial charge in [0.2, 0.25) is 5.91 Å². The third-order valence-corrected chi connectivity index (χ3v) is 2.87. The fraction of sp³-hybridized carbons (Fsp3) is 0.538. The van der Waals surface area contributed by atoms with Gasteiger partial charge in [-0.3, -0.25) is 9.78 Å². The molecule has 0 saturated carbocycles. The first kappa shape index (κ1) is 14.0. The number of carbonyl (C=O) groups excluding carboxylic acids is 1. The Morgan fingerprint density at radius 3 is 3.00 bits per heavy atom. The van der Waals surface area contributed by atoms with Gasteiger partial charge in [0.1, 0.15) is 0 Å². The molecular formula is C13H19ClN2O. The number of rotatable bonds is 7. The molecule has 0 aliphatic carbocycles. The van der Waals surface area contributed by atoms with Crippen LogP contribution in [0.4, 0.5) is 0 Å². The van der Waals surface area contributed by atoms with Gasteiger partial charge in [-0.15, -0.1) is 11.6 Å². The van der Waals surface area contributed by atoms with E-state index in [0.29, 0.717) is 18.8 Å². The third kappa shape index (κ3) is 5.18. The molecule has 0 radical (unpaired) electrons. The van der Waals surface area contributed by atoms with Crippen LogP contribution in [0.3, 0.4) is 0 Å². The predicted octanol–water partition coefficient (Wildman–Crippen LogP) is 2.67. The molecule has 0 aliphatic heterocycles. The maximum absolute atomic E-state index is 11.5. The Morgan fingerprint density at radius 2 is 2.29 bits per heavy atom. The highest BCUT2D eigenvalue weighted by atomic mass is 35.5. The summed E-state index contributed by atoms with van der Waals surface area (Å²) in [5.74, 6) is 0.691. The number of aromatic nitrogens is 1. The van der Waals surface area contributed by atoms with E-state index in [4.69, 9.17) is 11.6 Å². The molecular weight excluding hydrogens is 236 g/mol. The minimum atomic E-state index is 0.0721. The molecule has 0 aromatic carbocycles. The summed E-state index contributed by atoms with van der Waals surface area (Å²) in [4.78, 5) is 15.8. The average molecular weight is 255 g/mol. The van der Waals surface area contributed by atoms with E-state index in [1.165, 1.54) is 5.56 Å². The highest BCUT2D eigenvalue weighted by Crippen LogP contribution is 2.06. The molecule has 1 rings (SSSR count). The number of carbonyl (C=O) groups is 1. The first-order chi connectivity index (χ1) is 8.27. The number of alkyl halides is 1. The first-order valence-corrected chi connectivity index (χ1v) is 6.56. The highest BCUT2D eigenvalue weighted by molar-refractivity contribution is 6.17. The molecule has 0 unspecified atom stereocenters. The van der Waals surface area contributed by atoms with E-state index in [1.807, 2.05) is 12.1 Å². The van der Waals surface area contributed by atoms with E-state index < -0.39 is 0 Å². The van der Waals surface area contributed by atoms with Crippen LogP contribution in [-0.2, 0) is 17.8 Å². The summed E-state index contributed by atoms with van der Waals surface area (Å²) >= 11 is 5.56. The molecule has 1 amide bonds. The Bertz CT molecular complexity index is 355. The standard InChI is InChI=1S/C13H19ClN2O/c1-2-11-6-5-9-15-12(11)10-16-13(17)7-3-4-8-14/h5-6,9H,2-4,7-8,10H2,1H3,(H,16,17). The topological polar surface area (TPSA) is 42.0 Å². The number of unbranched alkanes of at least 4 members (excludes halogenated alkanes) is 1. The van der Waals surface area contributed by atoms with Gasteiger partial charge >= 0.3 is 0 Å². The summed E-state index contributed by atoms with van der Waals surface area (Å²) in [6.07, 6.45) is 4.97. The maximum atomic E-state index is 11.5. The fourth-order valence-corrected chi connectivity index (χ4v) is 1.79. The lowest BCUT2D eigenvalue weighted by Gasteiger charge is -2.08. The summed E-state index contributed by atoms with van der Waals surface area (Å²) in [5.41, 5.74) is 2.15. The van der Waals surface area contributed by atoms with Gasteiger partial charge in [-0.05, 0) is 30.9 Å². The van der Waals surface area contributed by atoms with Gasteiger partial charge in [0.15, 0.2) is 0 Å². The smallest absolute Gasteiger partial charge is 0.220 e. The van der Waals surface area contributed by atoms with Crippen molar-refractivity contribution in [2.24, 2.45) is 0 Å². The lowest BCUT2D eigenvalue weighted by atomic mass is 10.1. The van der Waals surface area contributed by atoms with Gasteiger partial charge < -0.3 is 5.32 Å². The van der Waals surface area contributed by atoms with Crippen LogP contribution >= 0.6 is 11.6 Å². The fourth-order valence-electron chi connectivity index (χ4n) is 1.60. The predicted molar refractivity (Wildman–Crippen MR) is 70.0 cm³/mol. The van der Waals surface area contributed by atoms with Gasteiger partial charge in [-0.1, -0.05) is 13.0 Å². The third-order valence-electron chi connectivity index (χ3n) is 2.61. The molecule has 1 aromatic heterocycles. The molecule has 0 aliphatic rings. The van der Waals surface area contributed by atoms with Crippen molar-refractivity contribution in [3.8, 4) is 0 Å². The number of halogens is 1. The molecule has 0 spiro atoms. The maximum Gasteiger partial charge on any atom is 0.220 e. The van der Waals surface area contributed by atoms with Gasteiger partial charge in [-0.2, -0.15) is 0 Å². The van der Waals surface area contributed by atoms with E-state index in [9.17, 15) is 4.79 Å². The van der Waals surface area contributed by atoms with Crippen molar-refractivity contribution in [1.82, 2.24) is 10.3 Å². The number of amides is 1. The van der Waals surface area contributed by atoms with Crippen LogP contribution in [0.15, 0.2) is 18.3 Å². The number of aryl methyl sites for hydroxylation is 1. The highest BCUT2D eigenvalue weighted by Gasteiger charge is 2.04. The van der Waals surface area contributed by atoms with Crippen LogP contribution in [-0.4, -0.2) is 16.8 Å². The number of nitrogens with one attached hydrogen (secondary N) is 1. The minimum Gasteiger partial charge on any atom is -0.350 e. The lowest BCUT2D eigenvalue weighted by Crippen LogP contribution is -2.23. The van der Waals surface area contributed by atoms with E-state index >= 15 is 0 Å². The van der Waals surface area contributed by atoms with Crippen molar-refractivity contribution < 1.29 is 4.79 Å². The van der Waals surface area contributed by atoms with Gasteiger partial charge in [0.25, 0.3) is 0 Å². The van der Waals surface area contributed by atoms with E-state index in [0.717, 1.165) is 25.0 Å². The van der Waals surface area contributed by atoms with Gasteiger partial charge in [0.05, 0.1) is 12.2 Å². The van der Waals surface area contributed by atoms with Crippen molar-refractivity contribution in [2.45, 2.75) is 39.2 Å². The van der Waals surface area contributed by atoms with Crippen LogP contribution < -0.4 is 5.32 Å². The first-order valence-electron chi connectivity index (χ1n) is 6.03. The minimum absolute atomic E-state index is 0.0721. The number of hydrogen-bond donors (Lipinski definition) is 1. The van der Waals surface area contributed by atoms with Crippen molar-refractivity contribution in [2.75, 3.05) is 5.88 Å². The molecule has 1 heterocycles. The Kier molecular flexibility index (Phi) is 6.63. The Morgan fingerprint density at radius 1 is 1.47 bits per heavy atom. The molecule has 17 heavy (non-hydrogen) atoms. The second-order valence-corrected chi connectivity index (χ2v) is 4.26. The van der Waals surface area contributed by atoms with E-state index in [-0.39, 0.29) is 5.91 Å². The quantitative estimate of drug-likeness (QED) is 0.600. The molecule has 4 heteroatoms. The van der Waals surface area contributed by atoms with E-state index in [1.54, 1.807) is 6.20 Å². The second-order valence-electron chi connectivity index (χ2n) is 3.89. The Labute approximate surface area is 108 Å². The van der Waals surface area contributed by atoms with Gasteiger partial charge in [0, 0.05) is 18.5 Å². The van der Waals surface area contributed by atoms with Crippen molar-refractivity contribution in [1.29, 1.82) is 0 Å². The van der Waals surface area contributed by atoms with Crippen LogP contribution in [0.2, 0.25) is 0 Å². The Balaban J connectivity index is 2.36. The normalized spacial score (nSPS) is 10.2. The van der Waals surface area contributed by atoms with Crippen molar-refractivity contribution in [3.05, 3.63) is 29.6 Å². The molecule has 1 N–H and O–H groups in total.